The number of rotatable bonds is 3. The lowest BCUT2D eigenvalue weighted by Crippen LogP contribution is -2.17. The van der Waals surface area contributed by atoms with E-state index in [1.165, 1.54) is 12.1 Å². The topological polar surface area (TPSA) is 58.6 Å². The second-order valence-corrected chi connectivity index (χ2v) is 3.78. The summed E-state index contributed by atoms with van der Waals surface area (Å²) in [5.41, 5.74) is -0.0217. The molecule has 88 valence electrons. The summed E-state index contributed by atoms with van der Waals surface area (Å²) in [6, 6.07) is 3.46. The van der Waals surface area contributed by atoms with Gasteiger partial charge in [0.1, 0.15) is 11.6 Å². The highest BCUT2D eigenvalue weighted by molar-refractivity contribution is 5.84. The maximum Gasteiger partial charge on any atom is 0.411 e. The summed E-state index contributed by atoms with van der Waals surface area (Å²) in [5, 5.41) is 11.2. The van der Waals surface area contributed by atoms with Crippen LogP contribution in [0.4, 0.5) is 14.9 Å². The molecule has 0 aliphatic heterocycles. The molecular weight excluding hydrogens is 213 g/mol. The minimum Gasteiger partial charge on any atom is -0.508 e. The normalized spacial score (nSPS) is 10.2. The lowest BCUT2D eigenvalue weighted by Gasteiger charge is -2.09. The summed E-state index contributed by atoms with van der Waals surface area (Å²) in [6.45, 7) is 4.06. The van der Waals surface area contributed by atoms with E-state index in [1.807, 2.05) is 13.8 Å². The molecule has 1 aromatic rings. The molecular formula is C11H14FNO3. The number of halogens is 1. The molecule has 0 heterocycles. The lowest BCUT2D eigenvalue weighted by atomic mass is 10.2. The summed E-state index contributed by atoms with van der Waals surface area (Å²) in [5.74, 6) is -0.685. The lowest BCUT2D eigenvalue weighted by molar-refractivity contribution is 0.147. The van der Waals surface area contributed by atoms with E-state index in [1.54, 1.807) is 0 Å². The molecule has 4 nitrogen and oxygen atoms in total. The van der Waals surface area contributed by atoms with Crippen LogP contribution in [0, 0.1) is 11.7 Å². The predicted octanol–water partition coefficient (Wildman–Crippen LogP) is 2.74. The van der Waals surface area contributed by atoms with Crippen LogP contribution in [0.25, 0.3) is 0 Å². The molecule has 16 heavy (non-hydrogen) atoms. The van der Waals surface area contributed by atoms with E-state index in [0.29, 0.717) is 0 Å². The van der Waals surface area contributed by atoms with E-state index in [9.17, 15) is 9.18 Å². The molecule has 0 aromatic heterocycles. The maximum atomic E-state index is 13.2. The third-order valence-corrected chi connectivity index (χ3v) is 1.74. The zero-order chi connectivity index (χ0) is 12.1. The minimum absolute atomic E-state index is 0.0217. The molecule has 0 saturated carbocycles. The molecule has 0 aliphatic carbocycles. The average molecular weight is 227 g/mol. The van der Waals surface area contributed by atoms with E-state index in [0.717, 1.165) is 6.07 Å². The van der Waals surface area contributed by atoms with Crippen molar-refractivity contribution in [2.45, 2.75) is 13.8 Å². The minimum atomic E-state index is -0.710. The van der Waals surface area contributed by atoms with Crippen LogP contribution in [0.5, 0.6) is 5.75 Å². The number of ether oxygens (including phenoxy) is 1. The van der Waals surface area contributed by atoms with Gasteiger partial charge in [-0.25, -0.2) is 9.18 Å². The van der Waals surface area contributed by atoms with Crippen LogP contribution in [0.2, 0.25) is 0 Å². The Balaban J connectivity index is 2.56. The molecule has 0 fully saturated rings. The number of carbonyl (C=O) groups excluding carboxylic acids is 1. The summed E-state index contributed by atoms with van der Waals surface area (Å²) < 4.78 is 18.0. The number of hydrogen-bond acceptors (Lipinski definition) is 3. The molecule has 0 spiro atoms. The van der Waals surface area contributed by atoms with Crippen LogP contribution in [-0.4, -0.2) is 17.8 Å². The van der Waals surface area contributed by atoms with Gasteiger partial charge in [0.05, 0.1) is 12.3 Å². The summed E-state index contributed by atoms with van der Waals surface area (Å²) >= 11 is 0. The molecule has 0 atom stereocenters. The number of nitrogens with one attached hydrogen (secondary N) is 1. The predicted molar refractivity (Wildman–Crippen MR) is 57.9 cm³/mol. The number of amides is 1. The van der Waals surface area contributed by atoms with Gasteiger partial charge in [0.2, 0.25) is 0 Å². The van der Waals surface area contributed by atoms with Gasteiger partial charge >= 0.3 is 6.09 Å². The van der Waals surface area contributed by atoms with E-state index >= 15 is 0 Å². The number of phenolic OH excluding ortho intramolecular Hbond substituents is 1. The van der Waals surface area contributed by atoms with Crippen molar-refractivity contribution in [3.05, 3.63) is 24.0 Å². The first-order valence-electron chi connectivity index (χ1n) is 4.91. The van der Waals surface area contributed by atoms with Crippen molar-refractivity contribution in [3.63, 3.8) is 0 Å². The van der Waals surface area contributed by atoms with E-state index in [2.05, 4.69) is 5.32 Å². The molecule has 0 aliphatic rings. The Bertz CT molecular complexity index is 379. The molecule has 1 rings (SSSR count). The van der Waals surface area contributed by atoms with Crippen LogP contribution >= 0.6 is 0 Å². The first-order valence-corrected chi connectivity index (χ1v) is 4.91. The number of aromatic hydroxyl groups is 1. The Morgan fingerprint density at radius 2 is 2.25 bits per heavy atom. The highest BCUT2D eigenvalue weighted by Crippen LogP contribution is 2.19. The SMILES string of the molecule is CC(C)COC(=O)Nc1ccc(O)cc1F. The monoisotopic (exact) mass is 227 g/mol. The Morgan fingerprint density at radius 1 is 1.56 bits per heavy atom. The third-order valence-electron chi connectivity index (χ3n) is 1.74. The molecule has 0 bridgehead atoms. The van der Waals surface area contributed by atoms with Gasteiger partial charge < -0.3 is 9.84 Å². The van der Waals surface area contributed by atoms with E-state index < -0.39 is 11.9 Å². The average Bonchev–Trinajstić information content (AvgIpc) is 2.19. The maximum absolute atomic E-state index is 13.2. The second kappa shape index (κ2) is 5.34. The van der Waals surface area contributed by atoms with Crippen LogP contribution in [-0.2, 0) is 4.74 Å². The third kappa shape index (κ3) is 3.76. The highest BCUT2D eigenvalue weighted by atomic mass is 19.1. The molecule has 0 saturated heterocycles. The van der Waals surface area contributed by atoms with Crippen molar-refractivity contribution >= 4 is 11.8 Å². The van der Waals surface area contributed by atoms with Gasteiger partial charge in [-0.1, -0.05) is 13.8 Å². The van der Waals surface area contributed by atoms with Crippen molar-refractivity contribution in [1.29, 1.82) is 0 Å². The van der Waals surface area contributed by atoms with Crippen molar-refractivity contribution < 1.29 is 19.0 Å². The Hall–Kier alpha value is -1.78. The smallest absolute Gasteiger partial charge is 0.411 e. The van der Waals surface area contributed by atoms with Crippen molar-refractivity contribution in [2.75, 3.05) is 11.9 Å². The van der Waals surface area contributed by atoms with Crippen molar-refractivity contribution in [1.82, 2.24) is 0 Å². The fourth-order valence-electron chi connectivity index (χ4n) is 0.994. The number of phenols is 1. The Morgan fingerprint density at radius 3 is 2.81 bits per heavy atom. The summed E-state index contributed by atoms with van der Waals surface area (Å²) in [4.78, 5) is 11.2. The fourth-order valence-corrected chi connectivity index (χ4v) is 0.994. The van der Waals surface area contributed by atoms with Gasteiger partial charge in [-0.15, -0.1) is 0 Å². The van der Waals surface area contributed by atoms with Crippen LogP contribution in [0.15, 0.2) is 18.2 Å². The Labute approximate surface area is 93.0 Å². The van der Waals surface area contributed by atoms with Crippen LogP contribution < -0.4 is 5.32 Å². The molecule has 0 unspecified atom stereocenters. The highest BCUT2D eigenvalue weighted by Gasteiger charge is 2.08. The zero-order valence-corrected chi connectivity index (χ0v) is 9.16. The molecule has 1 amide bonds. The zero-order valence-electron chi connectivity index (χ0n) is 9.16. The van der Waals surface area contributed by atoms with Crippen LogP contribution in [0.1, 0.15) is 13.8 Å². The summed E-state index contributed by atoms with van der Waals surface area (Å²) in [6.07, 6.45) is -0.710. The number of carbonyl (C=O) groups is 1. The largest absolute Gasteiger partial charge is 0.508 e. The number of benzene rings is 1. The quantitative estimate of drug-likeness (QED) is 0.780. The first kappa shape index (κ1) is 12.3. The van der Waals surface area contributed by atoms with E-state index in [-0.39, 0.29) is 24.0 Å². The second-order valence-electron chi connectivity index (χ2n) is 3.78. The Kier molecular flexibility index (Phi) is 4.10. The van der Waals surface area contributed by atoms with Crippen LogP contribution in [0.3, 0.4) is 0 Å². The van der Waals surface area contributed by atoms with Gasteiger partial charge in [-0.05, 0) is 18.1 Å². The molecule has 5 heteroatoms. The molecule has 0 radical (unpaired) electrons. The van der Waals surface area contributed by atoms with E-state index in [4.69, 9.17) is 9.84 Å². The number of anilines is 1. The van der Waals surface area contributed by atoms with Gasteiger partial charge in [-0.2, -0.15) is 0 Å². The van der Waals surface area contributed by atoms with Gasteiger partial charge in [-0.3, -0.25) is 5.32 Å². The van der Waals surface area contributed by atoms with Crippen molar-refractivity contribution in [3.8, 4) is 5.75 Å². The molecule has 1 aromatic carbocycles. The standard InChI is InChI=1S/C11H14FNO3/c1-7(2)6-16-11(15)13-10-4-3-8(14)5-9(10)12/h3-5,7,14H,6H2,1-2H3,(H,13,15). The molecule has 2 N–H and O–H groups in total. The van der Waals surface area contributed by atoms with Gasteiger partial charge in [0.15, 0.2) is 0 Å². The van der Waals surface area contributed by atoms with Gasteiger partial charge in [0, 0.05) is 6.07 Å². The fraction of sp³-hybridized carbons (Fsp3) is 0.364. The van der Waals surface area contributed by atoms with Gasteiger partial charge in [0.25, 0.3) is 0 Å². The first-order chi connectivity index (χ1) is 7.49. The summed E-state index contributed by atoms with van der Waals surface area (Å²) in [7, 11) is 0. The number of hydrogen-bond donors (Lipinski definition) is 2. The van der Waals surface area contributed by atoms with Crippen molar-refractivity contribution in [2.24, 2.45) is 5.92 Å².